The van der Waals surface area contributed by atoms with E-state index in [1.165, 1.54) is 7.11 Å². The highest BCUT2D eigenvalue weighted by Gasteiger charge is 2.54. The molecule has 0 radical (unpaired) electrons. The molecule has 5 nitrogen and oxygen atoms in total. The van der Waals surface area contributed by atoms with Gasteiger partial charge in [0.25, 0.3) is 0 Å². The maximum absolute atomic E-state index is 12.7. The Morgan fingerprint density at radius 3 is 2.46 bits per heavy atom. The number of benzene rings is 1. The predicted octanol–water partition coefficient (Wildman–Crippen LogP) is 2.72. The molecule has 1 heterocycles. The second-order valence-electron chi connectivity index (χ2n) is 6.20. The number of aryl methyl sites for hydroxylation is 1. The standard InChI is InChI=1S/C19H24O5/c1-12-13(2)24-16(19(3,17(12)20)18(21)23-5)11-8-14-6-9-15(22-4)10-7-14/h6-7,9-10,13,16H,1,8,11H2,2-5H3. The van der Waals surface area contributed by atoms with E-state index in [1.807, 2.05) is 24.3 Å². The molecular weight excluding hydrogens is 308 g/mol. The molecule has 3 unspecified atom stereocenters. The number of Topliss-reactive ketones (excluding diaryl/α,β-unsaturated/α-hetero) is 1. The largest absolute Gasteiger partial charge is 0.497 e. The van der Waals surface area contributed by atoms with E-state index in [0.29, 0.717) is 18.4 Å². The van der Waals surface area contributed by atoms with E-state index in [2.05, 4.69) is 6.58 Å². The van der Waals surface area contributed by atoms with Crippen LogP contribution in [0.15, 0.2) is 36.4 Å². The molecule has 0 saturated carbocycles. The number of ether oxygens (including phenoxy) is 3. The normalized spacial score (nSPS) is 27.0. The molecule has 0 spiro atoms. The Labute approximate surface area is 142 Å². The molecule has 1 aliphatic heterocycles. The molecule has 2 rings (SSSR count). The van der Waals surface area contributed by atoms with Crippen LogP contribution in [0.2, 0.25) is 0 Å². The fraction of sp³-hybridized carbons (Fsp3) is 0.474. The number of methoxy groups -OCH3 is 2. The smallest absolute Gasteiger partial charge is 0.322 e. The van der Waals surface area contributed by atoms with Gasteiger partial charge in [0.2, 0.25) is 0 Å². The average Bonchev–Trinajstić information content (AvgIpc) is 2.61. The number of hydrogen-bond acceptors (Lipinski definition) is 5. The van der Waals surface area contributed by atoms with Crippen molar-refractivity contribution >= 4 is 11.8 Å². The van der Waals surface area contributed by atoms with E-state index >= 15 is 0 Å². The molecule has 0 N–H and O–H groups in total. The van der Waals surface area contributed by atoms with Crippen LogP contribution in [0.25, 0.3) is 0 Å². The summed E-state index contributed by atoms with van der Waals surface area (Å²) in [6.07, 6.45) is 0.241. The third-order valence-corrected chi connectivity index (χ3v) is 4.73. The Morgan fingerprint density at radius 2 is 1.92 bits per heavy atom. The molecule has 1 aromatic rings. The van der Waals surface area contributed by atoms with Crippen molar-refractivity contribution in [3.05, 3.63) is 42.0 Å². The zero-order valence-corrected chi connectivity index (χ0v) is 14.6. The van der Waals surface area contributed by atoms with Crippen LogP contribution in [-0.4, -0.2) is 38.2 Å². The SMILES string of the molecule is C=C1C(=O)C(C)(C(=O)OC)C(CCc2ccc(OC)cc2)OC1C. The van der Waals surface area contributed by atoms with Crippen LogP contribution in [0.5, 0.6) is 5.75 Å². The fourth-order valence-electron chi connectivity index (χ4n) is 3.01. The van der Waals surface area contributed by atoms with Gasteiger partial charge in [-0.2, -0.15) is 0 Å². The van der Waals surface area contributed by atoms with Gasteiger partial charge in [-0.05, 0) is 44.4 Å². The van der Waals surface area contributed by atoms with Crippen LogP contribution < -0.4 is 4.74 Å². The van der Waals surface area contributed by atoms with Crippen LogP contribution >= 0.6 is 0 Å². The first-order chi connectivity index (χ1) is 11.3. The molecule has 3 atom stereocenters. The number of carbonyl (C=O) groups is 2. The van der Waals surface area contributed by atoms with Crippen molar-refractivity contribution in [1.82, 2.24) is 0 Å². The minimum atomic E-state index is -1.36. The van der Waals surface area contributed by atoms with Gasteiger partial charge in [0.15, 0.2) is 11.2 Å². The van der Waals surface area contributed by atoms with Crippen molar-refractivity contribution < 1.29 is 23.8 Å². The van der Waals surface area contributed by atoms with Gasteiger partial charge in [-0.15, -0.1) is 0 Å². The molecule has 0 bridgehead atoms. The van der Waals surface area contributed by atoms with Gasteiger partial charge in [0.05, 0.1) is 26.4 Å². The van der Waals surface area contributed by atoms with E-state index in [9.17, 15) is 9.59 Å². The Hall–Kier alpha value is -2.14. The minimum absolute atomic E-state index is 0.298. The molecule has 1 saturated heterocycles. The fourth-order valence-corrected chi connectivity index (χ4v) is 3.01. The molecule has 1 aliphatic rings. The van der Waals surface area contributed by atoms with Crippen molar-refractivity contribution in [2.75, 3.05) is 14.2 Å². The molecule has 130 valence electrons. The molecule has 0 aromatic heterocycles. The van der Waals surface area contributed by atoms with Gasteiger partial charge in [-0.1, -0.05) is 18.7 Å². The van der Waals surface area contributed by atoms with E-state index in [0.717, 1.165) is 11.3 Å². The summed E-state index contributed by atoms with van der Waals surface area (Å²) in [5.74, 6) is -0.0970. The van der Waals surface area contributed by atoms with Gasteiger partial charge >= 0.3 is 5.97 Å². The first-order valence-electron chi connectivity index (χ1n) is 7.95. The Balaban J connectivity index is 2.19. The van der Waals surface area contributed by atoms with Gasteiger partial charge in [0.1, 0.15) is 5.75 Å². The van der Waals surface area contributed by atoms with Crippen LogP contribution in [0, 0.1) is 5.41 Å². The summed E-state index contributed by atoms with van der Waals surface area (Å²) in [5.41, 5.74) is 0.0323. The Bertz CT molecular complexity index is 634. The third kappa shape index (κ3) is 3.22. The molecule has 1 aromatic carbocycles. The minimum Gasteiger partial charge on any atom is -0.497 e. The number of rotatable bonds is 5. The van der Waals surface area contributed by atoms with E-state index in [4.69, 9.17) is 14.2 Å². The summed E-state index contributed by atoms with van der Waals surface area (Å²) in [6.45, 7) is 7.12. The van der Waals surface area contributed by atoms with Gasteiger partial charge in [0, 0.05) is 5.57 Å². The third-order valence-electron chi connectivity index (χ3n) is 4.73. The maximum atomic E-state index is 12.7. The average molecular weight is 332 g/mol. The van der Waals surface area contributed by atoms with Crippen molar-refractivity contribution in [3.63, 3.8) is 0 Å². The quantitative estimate of drug-likeness (QED) is 0.471. The number of hydrogen-bond donors (Lipinski definition) is 0. The van der Waals surface area contributed by atoms with Crippen molar-refractivity contribution in [1.29, 1.82) is 0 Å². The second kappa shape index (κ2) is 7.18. The zero-order valence-electron chi connectivity index (χ0n) is 14.6. The molecule has 0 aliphatic carbocycles. The molecule has 1 fully saturated rings. The molecule has 0 amide bonds. The number of esters is 1. The molecule has 5 heteroatoms. The van der Waals surface area contributed by atoms with Crippen LogP contribution in [0.1, 0.15) is 25.8 Å². The summed E-state index contributed by atoms with van der Waals surface area (Å²) >= 11 is 0. The van der Waals surface area contributed by atoms with Crippen LogP contribution in [0.3, 0.4) is 0 Å². The van der Waals surface area contributed by atoms with Crippen molar-refractivity contribution in [2.45, 2.75) is 38.9 Å². The number of ketones is 1. The zero-order chi connectivity index (χ0) is 17.9. The van der Waals surface area contributed by atoms with E-state index in [1.54, 1.807) is 21.0 Å². The summed E-state index contributed by atoms with van der Waals surface area (Å²) in [7, 11) is 2.90. The summed E-state index contributed by atoms with van der Waals surface area (Å²) in [6, 6.07) is 7.68. The lowest BCUT2D eigenvalue weighted by Gasteiger charge is -2.41. The van der Waals surface area contributed by atoms with Crippen molar-refractivity contribution in [3.8, 4) is 5.75 Å². The summed E-state index contributed by atoms with van der Waals surface area (Å²) < 4.78 is 15.9. The summed E-state index contributed by atoms with van der Waals surface area (Å²) in [5, 5.41) is 0. The monoisotopic (exact) mass is 332 g/mol. The van der Waals surface area contributed by atoms with Crippen LogP contribution in [-0.2, 0) is 25.5 Å². The molecule has 24 heavy (non-hydrogen) atoms. The van der Waals surface area contributed by atoms with Crippen LogP contribution in [0.4, 0.5) is 0 Å². The van der Waals surface area contributed by atoms with E-state index < -0.39 is 23.6 Å². The lowest BCUT2D eigenvalue weighted by Crippen LogP contribution is -2.55. The Kier molecular flexibility index (Phi) is 5.44. The molecular formula is C19H24O5. The highest BCUT2D eigenvalue weighted by atomic mass is 16.5. The highest BCUT2D eigenvalue weighted by Crippen LogP contribution is 2.39. The first kappa shape index (κ1) is 18.2. The van der Waals surface area contributed by atoms with Crippen molar-refractivity contribution in [2.24, 2.45) is 5.41 Å². The number of carbonyl (C=O) groups excluding carboxylic acids is 2. The lowest BCUT2D eigenvalue weighted by molar-refractivity contribution is -0.175. The van der Waals surface area contributed by atoms with E-state index in [-0.39, 0.29) is 5.78 Å². The highest BCUT2D eigenvalue weighted by molar-refractivity contribution is 6.13. The second-order valence-corrected chi connectivity index (χ2v) is 6.20. The maximum Gasteiger partial charge on any atom is 0.322 e. The topological polar surface area (TPSA) is 61.8 Å². The van der Waals surface area contributed by atoms with Gasteiger partial charge < -0.3 is 14.2 Å². The first-order valence-corrected chi connectivity index (χ1v) is 7.95. The summed E-state index contributed by atoms with van der Waals surface area (Å²) in [4.78, 5) is 24.9. The van der Waals surface area contributed by atoms with Gasteiger partial charge in [-0.3, -0.25) is 9.59 Å². The predicted molar refractivity (Wildman–Crippen MR) is 89.9 cm³/mol. The Morgan fingerprint density at radius 1 is 1.29 bits per heavy atom. The van der Waals surface area contributed by atoms with Gasteiger partial charge in [-0.25, -0.2) is 0 Å². The lowest BCUT2D eigenvalue weighted by atomic mass is 9.72.